The number of ether oxygens (including phenoxy) is 2. The molecule has 0 radical (unpaired) electrons. The fraction of sp³-hybridized carbons (Fsp3) is 0.545. The molecule has 0 unspecified atom stereocenters. The molecule has 0 saturated carbocycles. The minimum Gasteiger partial charge on any atom is -0.493 e. The summed E-state index contributed by atoms with van der Waals surface area (Å²) in [6.45, 7) is 5.91. The van der Waals surface area contributed by atoms with Crippen molar-refractivity contribution in [2.24, 2.45) is 0 Å². The Bertz CT molecular complexity index is 1040. The number of carbonyl (C=O) groups excluding carboxylic acids is 1. The van der Waals surface area contributed by atoms with E-state index in [4.69, 9.17) is 9.47 Å². The molecule has 0 aliphatic carbocycles. The van der Waals surface area contributed by atoms with E-state index in [0.717, 1.165) is 24.5 Å². The largest absolute Gasteiger partial charge is 0.493 e. The van der Waals surface area contributed by atoms with Crippen LogP contribution < -0.4 is 20.1 Å². The molecule has 2 amide bonds. The van der Waals surface area contributed by atoms with E-state index in [0.29, 0.717) is 23.8 Å². The highest BCUT2D eigenvalue weighted by atomic mass is 32.2. The number of methoxy groups -OCH3 is 1. The number of anilines is 2. The summed E-state index contributed by atoms with van der Waals surface area (Å²) in [4.78, 5) is 16.2. The number of hydrogen-bond acceptors (Lipinski definition) is 5. The van der Waals surface area contributed by atoms with Crippen LogP contribution in [0.15, 0.2) is 53.6 Å². The lowest BCUT2D eigenvalue weighted by Crippen LogP contribution is -2.19. The Labute approximate surface area is 246 Å². The number of allylic oxidation sites excluding steroid dienone is 1. The van der Waals surface area contributed by atoms with Crippen molar-refractivity contribution >= 4 is 29.2 Å². The van der Waals surface area contributed by atoms with Crippen LogP contribution in [0.5, 0.6) is 11.5 Å². The second-order valence-electron chi connectivity index (χ2n) is 10.6. The van der Waals surface area contributed by atoms with Crippen LogP contribution in [-0.4, -0.2) is 30.5 Å². The molecule has 0 aromatic heterocycles. The first-order valence-electron chi connectivity index (χ1n) is 15.1. The maximum atomic E-state index is 12.6. The van der Waals surface area contributed by atoms with Crippen LogP contribution in [0.4, 0.5) is 16.2 Å². The summed E-state index contributed by atoms with van der Waals surface area (Å²) in [5.41, 5.74) is 2.62. The number of benzene rings is 2. The molecule has 2 aromatic rings. The van der Waals surface area contributed by atoms with Crippen molar-refractivity contribution in [3.05, 3.63) is 59.1 Å². The van der Waals surface area contributed by atoms with Gasteiger partial charge in [0.25, 0.3) is 0 Å². The summed E-state index contributed by atoms with van der Waals surface area (Å²) in [5.74, 6) is 2.31. The molecule has 0 fully saturated rings. The van der Waals surface area contributed by atoms with Crippen LogP contribution in [0.25, 0.3) is 0 Å². The van der Waals surface area contributed by atoms with E-state index in [1.165, 1.54) is 81.1 Å². The number of nitrogens with zero attached hydrogens (tertiary/aromatic N) is 1. The summed E-state index contributed by atoms with van der Waals surface area (Å²) in [6.07, 6.45) is 18.0. The maximum Gasteiger partial charge on any atom is 0.323 e. The van der Waals surface area contributed by atoms with E-state index < -0.39 is 0 Å². The van der Waals surface area contributed by atoms with Crippen LogP contribution in [0, 0.1) is 0 Å². The van der Waals surface area contributed by atoms with E-state index in [1.54, 1.807) is 7.11 Å². The van der Waals surface area contributed by atoms with Crippen molar-refractivity contribution in [2.45, 2.75) is 97.4 Å². The van der Waals surface area contributed by atoms with Gasteiger partial charge in [0.1, 0.15) is 0 Å². The summed E-state index contributed by atoms with van der Waals surface area (Å²) in [5, 5.41) is 5.82. The van der Waals surface area contributed by atoms with Gasteiger partial charge >= 0.3 is 6.03 Å². The Morgan fingerprint density at radius 1 is 0.825 bits per heavy atom. The number of hydrogen-bond donors (Lipinski definition) is 2. The number of urea groups is 1. The standard InChI is InChI=1S/C33H49N3O3S/c1-4-5-6-7-8-9-10-11-12-13-14-15-22-39-32-23-30(20-21-31(32)38-3)35-33(37)34-29-18-16-28(17-19-29)25-36-24-27(2)40-26-36/h16-21,23-24H,4-15,22,25-26H2,1-3H3,(H2,34,35,37). The fourth-order valence-corrected chi connectivity index (χ4v) is 5.58. The zero-order valence-electron chi connectivity index (χ0n) is 24.8. The first kappa shape index (κ1) is 31.7. The zero-order valence-corrected chi connectivity index (χ0v) is 25.6. The van der Waals surface area contributed by atoms with Gasteiger partial charge in [-0.1, -0.05) is 89.7 Å². The average molecular weight is 568 g/mol. The Morgan fingerprint density at radius 2 is 1.43 bits per heavy atom. The molecule has 0 atom stereocenters. The van der Waals surface area contributed by atoms with Gasteiger partial charge in [0, 0.05) is 30.2 Å². The molecule has 0 saturated heterocycles. The third kappa shape index (κ3) is 12.2. The quantitative estimate of drug-likeness (QED) is 0.165. The highest BCUT2D eigenvalue weighted by molar-refractivity contribution is 8.03. The Balaban J connectivity index is 1.33. The highest BCUT2D eigenvalue weighted by Crippen LogP contribution is 2.31. The monoisotopic (exact) mass is 567 g/mol. The van der Waals surface area contributed by atoms with Gasteiger partial charge in [0.05, 0.1) is 19.6 Å². The molecule has 40 heavy (non-hydrogen) atoms. The summed E-state index contributed by atoms with van der Waals surface area (Å²) >= 11 is 1.86. The smallest absolute Gasteiger partial charge is 0.323 e. The Morgan fingerprint density at radius 3 is 2.02 bits per heavy atom. The minimum absolute atomic E-state index is 0.292. The SMILES string of the molecule is CCCCCCCCCCCCCCOc1cc(NC(=O)Nc2ccc(CN3C=C(C)SC3)cc2)ccc1OC. The molecule has 0 spiro atoms. The van der Waals surface area contributed by atoms with Gasteiger partial charge < -0.3 is 25.0 Å². The van der Waals surface area contributed by atoms with Crippen molar-refractivity contribution < 1.29 is 14.3 Å². The number of amides is 2. The van der Waals surface area contributed by atoms with E-state index in [2.05, 4.69) is 47.7 Å². The summed E-state index contributed by atoms with van der Waals surface area (Å²) in [6, 6.07) is 13.2. The molecule has 2 aromatic carbocycles. The minimum atomic E-state index is -0.292. The number of thioether (sulfide) groups is 1. The summed E-state index contributed by atoms with van der Waals surface area (Å²) < 4.78 is 11.5. The number of rotatable bonds is 19. The molecule has 1 aliphatic heterocycles. The van der Waals surface area contributed by atoms with Gasteiger partial charge in [-0.05, 0) is 48.1 Å². The average Bonchev–Trinajstić information content (AvgIpc) is 3.36. The van der Waals surface area contributed by atoms with E-state index in [9.17, 15) is 4.79 Å². The van der Waals surface area contributed by atoms with Crippen LogP contribution in [0.3, 0.4) is 0 Å². The van der Waals surface area contributed by atoms with Crippen LogP contribution in [0.1, 0.15) is 96.5 Å². The van der Waals surface area contributed by atoms with Crippen molar-refractivity contribution in [1.82, 2.24) is 4.90 Å². The summed E-state index contributed by atoms with van der Waals surface area (Å²) in [7, 11) is 1.63. The van der Waals surface area contributed by atoms with Gasteiger partial charge in [-0.25, -0.2) is 4.79 Å². The number of carbonyl (C=O) groups is 1. The third-order valence-corrected chi connectivity index (χ3v) is 8.12. The van der Waals surface area contributed by atoms with E-state index in [1.807, 2.05) is 42.1 Å². The first-order valence-corrected chi connectivity index (χ1v) is 16.1. The van der Waals surface area contributed by atoms with Crippen molar-refractivity contribution in [1.29, 1.82) is 0 Å². The molecule has 1 aliphatic rings. The van der Waals surface area contributed by atoms with E-state index >= 15 is 0 Å². The molecule has 1 heterocycles. The van der Waals surface area contributed by atoms with Gasteiger partial charge in [0.2, 0.25) is 0 Å². The van der Waals surface area contributed by atoms with Crippen molar-refractivity contribution in [2.75, 3.05) is 30.2 Å². The predicted molar refractivity (Wildman–Crippen MR) is 170 cm³/mol. The second kappa shape index (κ2) is 18.5. The van der Waals surface area contributed by atoms with Gasteiger partial charge in [-0.3, -0.25) is 0 Å². The molecule has 6 nitrogen and oxygen atoms in total. The molecule has 220 valence electrons. The van der Waals surface area contributed by atoms with Gasteiger partial charge in [-0.2, -0.15) is 0 Å². The topological polar surface area (TPSA) is 62.8 Å². The highest BCUT2D eigenvalue weighted by Gasteiger charge is 2.11. The second-order valence-corrected chi connectivity index (χ2v) is 11.8. The molecule has 0 bridgehead atoms. The maximum absolute atomic E-state index is 12.6. The lowest BCUT2D eigenvalue weighted by atomic mass is 10.1. The molecular formula is C33H49N3O3S. The molecule has 3 rings (SSSR count). The van der Waals surface area contributed by atoms with Gasteiger partial charge in [-0.15, -0.1) is 11.8 Å². The fourth-order valence-electron chi connectivity index (χ4n) is 4.82. The normalized spacial score (nSPS) is 12.8. The lowest BCUT2D eigenvalue weighted by Gasteiger charge is -2.15. The zero-order chi connectivity index (χ0) is 28.4. The van der Waals surface area contributed by atoms with Crippen molar-refractivity contribution in [3.63, 3.8) is 0 Å². The number of unbranched alkanes of at least 4 members (excludes halogenated alkanes) is 11. The lowest BCUT2D eigenvalue weighted by molar-refractivity contribution is 0.262. The van der Waals surface area contributed by atoms with Crippen LogP contribution in [0.2, 0.25) is 0 Å². The molecular weight excluding hydrogens is 518 g/mol. The van der Waals surface area contributed by atoms with Gasteiger partial charge in [0.15, 0.2) is 11.5 Å². The van der Waals surface area contributed by atoms with Crippen LogP contribution >= 0.6 is 11.8 Å². The van der Waals surface area contributed by atoms with Crippen LogP contribution in [-0.2, 0) is 6.54 Å². The van der Waals surface area contributed by atoms with Crippen molar-refractivity contribution in [3.8, 4) is 11.5 Å². The Hall–Kier alpha value is -2.80. The first-order chi connectivity index (χ1) is 19.6. The molecule has 7 heteroatoms. The Kier molecular flexibility index (Phi) is 14.7. The van der Waals surface area contributed by atoms with E-state index in [-0.39, 0.29) is 6.03 Å². The molecule has 2 N–H and O–H groups in total. The third-order valence-electron chi connectivity index (χ3n) is 7.10. The number of nitrogens with one attached hydrogen (secondary N) is 2. The predicted octanol–water partition coefficient (Wildman–Crippen LogP) is 9.79.